The van der Waals surface area contributed by atoms with Crippen LogP contribution in [0.3, 0.4) is 0 Å². The van der Waals surface area contributed by atoms with Crippen molar-refractivity contribution in [3.8, 4) is 0 Å². The van der Waals surface area contributed by atoms with E-state index in [4.69, 9.17) is 4.74 Å². The van der Waals surface area contributed by atoms with Crippen LogP contribution < -0.4 is 10.6 Å². The Morgan fingerprint density at radius 3 is 3.00 bits per heavy atom. The fourth-order valence-electron chi connectivity index (χ4n) is 2.11. The average molecular weight is 342 g/mol. The predicted molar refractivity (Wildman–Crippen MR) is 84.2 cm³/mol. The molecule has 1 aromatic carbocycles. The fraction of sp³-hybridized carbons (Fsp3) is 0.500. The molecule has 2 N–H and O–H groups in total. The lowest BCUT2D eigenvalue weighted by Gasteiger charge is -2.29. The lowest BCUT2D eigenvalue weighted by atomic mass is 10.2. The van der Waals surface area contributed by atoms with Gasteiger partial charge in [0.2, 0.25) is 0 Å². The summed E-state index contributed by atoms with van der Waals surface area (Å²) in [5, 5.41) is 6.18. The van der Waals surface area contributed by atoms with Gasteiger partial charge in [-0.2, -0.15) is 0 Å². The topological polar surface area (TPSA) is 53.6 Å². The van der Waals surface area contributed by atoms with E-state index in [0.717, 1.165) is 28.9 Å². The van der Waals surface area contributed by atoms with E-state index in [1.807, 2.05) is 32.2 Å². The van der Waals surface area contributed by atoms with E-state index in [1.165, 1.54) is 0 Å². The number of carbonyl (C=O) groups excluding carboxylic acids is 1. The number of carbonyl (C=O) groups is 1. The Morgan fingerprint density at radius 1 is 1.50 bits per heavy atom. The summed E-state index contributed by atoms with van der Waals surface area (Å²) in [6, 6.07) is 5.78. The van der Waals surface area contributed by atoms with Crippen molar-refractivity contribution in [2.75, 3.05) is 43.9 Å². The number of hydrogen-bond acceptors (Lipinski definition) is 4. The number of halogens is 1. The van der Waals surface area contributed by atoms with Crippen LogP contribution in [0.15, 0.2) is 22.7 Å². The van der Waals surface area contributed by atoms with Gasteiger partial charge in [-0.25, -0.2) is 0 Å². The molecule has 5 nitrogen and oxygen atoms in total. The van der Waals surface area contributed by atoms with E-state index in [2.05, 4.69) is 31.5 Å². The summed E-state index contributed by atoms with van der Waals surface area (Å²) in [7, 11) is 1.99. The van der Waals surface area contributed by atoms with Gasteiger partial charge in [-0.1, -0.05) is 15.9 Å². The first-order valence-electron chi connectivity index (χ1n) is 6.74. The van der Waals surface area contributed by atoms with Crippen LogP contribution in [-0.4, -0.2) is 50.2 Å². The molecule has 0 bridgehead atoms. The third kappa shape index (κ3) is 3.94. The van der Waals surface area contributed by atoms with Gasteiger partial charge in [-0.15, -0.1) is 0 Å². The maximum Gasteiger partial charge on any atom is 0.254 e. The zero-order valence-corrected chi connectivity index (χ0v) is 13.4. The van der Waals surface area contributed by atoms with Crippen molar-refractivity contribution in [1.29, 1.82) is 0 Å². The van der Waals surface area contributed by atoms with Crippen molar-refractivity contribution in [3.63, 3.8) is 0 Å². The second-order valence-electron chi connectivity index (χ2n) is 4.83. The van der Waals surface area contributed by atoms with Gasteiger partial charge in [0.05, 0.1) is 18.0 Å². The molecule has 1 heterocycles. The molecule has 1 saturated heterocycles. The molecule has 1 aromatic rings. The lowest BCUT2D eigenvalue weighted by molar-refractivity contribution is -0.132. The molecule has 0 aliphatic carbocycles. The largest absolute Gasteiger partial charge is 0.384 e. The van der Waals surface area contributed by atoms with Gasteiger partial charge in [-0.3, -0.25) is 4.79 Å². The summed E-state index contributed by atoms with van der Waals surface area (Å²) >= 11 is 3.42. The van der Waals surface area contributed by atoms with Gasteiger partial charge in [0.25, 0.3) is 5.91 Å². The van der Waals surface area contributed by atoms with Crippen molar-refractivity contribution in [3.05, 3.63) is 22.7 Å². The molecule has 0 spiro atoms. The molecule has 1 aliphatic rings. The Morgan fingerprint density at radius 2 is 2.30 bits per heavy atom. The summed E-state index contributed by atoms with van der Waals surface area (Å²) in [5.74, 6) is -0.103. The Hall–Kier alpha value is -1.11. The van der Waals surface area contributed by atoms with Crippen LogP contribution in [0.1, 0.15) is 6.92 Å². The molecule has 2 rings (SSSR count). The molecule has 0 unspecified atom stereocenters. The second-order valence-corrected chi connectivity index (χ2v) is 5.75. The van der Waals surface area contributed by atoms with E-state index < -0.39 is 6.10 Å². The maximum absolute atomic E-state index is 12.3. The molecule has 1 aliphatic heterocycles. The maximum atomic E-state index is 12.3. The Bertz CT molecular complexity index is 481. The minimum atomic E-state index is -0.415. The van der Waals surface area contributed by atoms with Gasteiger partial charge in [0, 0.05) is 24.1 Å². The van der Waals surface area contributed by atoms with E-state index in [9.17, 15) is 4.79 Å². The number of ether oxygens (including phenoxy) is 1. The van der Waals surface area contributed by atoms with E-state index in [1.54, 1.807) is 0 Å². The van der Waals surface area contributed by atoms with Crippen LogP contribution in [0.4, 0.5) is 11.4 Å². The molecule has 1 fully saturated rings. The molecule has 0 saturated carbocycles. The molecule has 20 heavy (non-hydrogen) atoms. The first kappa shape index (κ1) is 15.3. The van der Waals surface area contributed by atoms with Crippen LogP contribution in [-0.2, 0) is 9.53 Å². The molecular formula is C14H20BrN3O2. The molecule has 110 valence electrons. The minimum absolute atomic E-state index is 0.103. The van der Waals surface area contributed by atoms with Crippen LogP contribution in [0, 0.1) is 0 Å². The summed E-state index contributed by atoms with van der Waals surface area (Å²) in [4.78, 5) is 14.4. The average Bonchev–Trinajstić information content (AvgIpc) is 2.42. The van der Waals surface area contributed by atoms with Crippen LogP contribution >= 0.6 is 15.9 Å². The van der Waals surface area contributed by atoms with Gasteiger partial charge in [0.1, 0.15) is 6.10 Å². The quantitative estimate of drug-likeness (QED) is 0.881. The Balaban J connectivity index is 2.08. The number of morpholine rings is 1. The first-order chi connectivity index (χ1) is 9.60. The standard InChI is InChI=1S/C14H20BrN3O2/c1-3-16-11-5-4-10(15)8-12(11)17-14(19)13-9-18(2)6-7-20-13/h4-5,8,13,16H,3,6-7,9H2,1-2H3,(H,17,19)/t13-/m0/s1. The van der Waals surface area contributed by atoms with E-state index >= 15 is 0 Å². The molecule has 1 atom stereocenters. The lowest BCUT2D eigenvalue weighted by Crippen LogP contribution is -2.46. The third-order valence-electron chi connectivity index (χ3n) is 3.17. The molecule has 6 heteroatoms. The van der Waals surface area contributed by atoms with Gasteiger partial charge >= 0.3 is 0 Å². The summed E-state index contributed by atoms with van der Waals surface area (Å²) in [5.41, 5.74) is 1.68. The molecular weight excluding hydrogens is 322 g/mol. The predicted octanol–water partition coefficient (Wildman–Crippen LogP) is 2.15. The number of nitrogens with one attached hydrogen (secondary N) is 2. The fourth-order valence-corrected chi connectivity index (χ4v) is 2.48. The number of likely N-dealkylation sites (N-methyl/N-ethyl adjacent to an activating group) is 1. The normalized spacial score (nSPS) is 19.6. The molecule has 0 radical (unpaired) electrons. The van der Waals surface area contributed by atoms with Crippen LogP contribution in [0.5, 0.6) is 0 Å². The monoisotopic (exact) mass is 341 g/mol. The highest BCUT2D eigenvalue weighted by molar-refractivity contribution is 9.10. The molecule has 0 aromatic heterocycles. The van der Waals surface area contributed by atoms with Gasteiger partial charge in [-0.05, 0) is 32.2 Å². The van der Waals surface area contributed by atoms with Crippen molar-refractivity contribution in [1.82, 2.24) is 4.90 Å². The summed E-state index contributed by atoms with van der Waals surface area (Å²) < 4.78 is 6.45. The zero-order chi connectivity index (χ0) is 14.5. The number of amides is 1. The van der Waals surface area contributed by atoms with Crippen LogP contribution in [0.25, 0.3) is 0 Å². The zero-order valence-electron chi connectivity index (χ0n) is 11.8. The minimum Gasteiger partial charge on any atom is -0.384 e. The van der Waals surface area contributed by atoms with E-state index in [0.29, 0.717) is 13.2 Å². The van der Waals surface area contributed by atoms with Crippen molar-refractivity contribution in [2.24, 2.45) is 0 Å². The second kappa shape index (κ2) is 7.06. The third-order valence-corrected chi connectivity index (χ3v) is 3.66. The number of benzene rings is 1. The van der Waals surface area contributed by atoms with Gasteiger partial charge < -0.3 is 20.3 Å². The van der Waals surface area contributed by atoms with Crippen LogP contribution in [0.2, 0.25) is 0 Å². The number of anilines is 2. The highest BCUT2D eigenvalue weighted by Gasteiger charge is 2.25. The SMILES string of the molecule is CCNc1ccc(Br)cc1NC(=O)[C@@H]1CN(C)CCO1. The van der Waals surface area contributed by atoms with Crippen molar-refractivity contribution in [2.45, 2.75) is 13.0 Å². The smallest absolute Gasteiger partial charge is 0.254 e. The Kier molecular flexibility index (Phi) is 5.39. The number of hydrogen-bond donors (Lipinski definition) is 2. The first-order valence-corrected chi connectivity index (χ1v) is 7.54. The Labute approximate surface area is 127 Å². The van der Waals surface area contributed by atoms with Gasteiger partial charge in [0.15, 0.2) is 0 Å². The summed E-state index contributed by atoms with van der Waals surface area (Å²) in [6.07, 6.45) is -0.415. The number of nitrogens with zero attached hydrogens (tertiary/aromatic N) is 1. The number of rotatable bonds is 4. The molecule has 1 amide bonds. The van der Waals surface area contributed by atoms with Crippen molar-refractivity contribution >= 4 is 33.2 Å². The highest BCUT2D eigenvalue weighted by Crippen LogP contribution is 2.26. The van der Waals surface area contributed by atoms with Crippen molar-refractivity contribution < 1.29 is 9.53 Å². The van der Waals surface area contributed by atoms with E-state index in [-0.39, 0.29) is 5.91 Å². The summed E-state index contributed by atoms with van der Waals surface area (Å²) in [6.45, 7) is 4.90. The highest BCUT2D eigenvalue weighted by atomic mass is 79.9.